The first-order valence-corrected chi connectivity index (χ1v) is 8.93. The van der Waals surface area contributed by atoms with Crippen LogP contribution in [0.5, 0.6) is 0 Å². The maximum Gasteiger partial charge on any atom is 0.416 e. The number of thiazole rings is 1. The highest BCUT2D eigenvalue weighted by atomic mass is 32.1. The lowest BCUT2D eigenvalue weighted by atomic mass is 10.1. The van der Waals surface area contributed by atoms with Crippen LogP contribution in [0.2, 0.25) is 0 Å². The minimum atomic E-state index is -4.33. The molecule has 1 aromatic heterocycles. The van der Waals surface area contributed by atoms with Crippen molar-refractivity contribution in [2.45, 2.75) is 25.1 Å². The van der Waals surface area contributed by atoms with Gasteiger partial charge in [0.15, 0.2) is 5.13 Å². The van der Waals surface area contributed by atoms with Crippen LogP contribution in [0.15, 0.2) is 30.5 Å². The summed E-state index contributed by atoms with van der Waals surface area (Å²) in [6, 6.07) is 5.04. The number of anilines is 1. The molecule has 140 valence electrons. The molecular weight excluding hydrogens is 367 g/mol. The summed E-state index contributed by atoms with van der Waals surface area (Å²) in [5.41, 5.74) is 0.0851. The van der Waals surface area contributed by atoms with Crippen molar-refractivity contribution in [3.8, 4) is 0 Å². The smallest absolute Gasteiger partial charge is 0.378 e. The molecule has 2 N–H and O–H groups in total. The summed E-state index contributed by atoms with van der Waals surface area (Å²) in [7, 11) is 0. The molecule has 1 aliphatic rings. The number of ether oxygens (including phenoxy) is 1. The van der Waals surface area contributed by atoms with Crippen LogP contribution >= 0.6 is 11.3 Å². The Labute approximate surface area is 152 Å². The number of alkyl halides is 3. The molecular formula is C17H18F3N3O2S. The molecule has 26 heavy (non-hydrogen) atoms. The fraction of sp³-hybridized carbons (Fsp3) is 0.412. The molecule has 0 spiro atoms. The highest BCUT2D eigenvalue weighted by Gasteiger charge is 2.29. The van der Waals surface area contributed by atoms with Gasteiger partial charge in [0, 0.05) is 36.5 Å². The van der Waals surface area contributed by atoms with E-state index in [0.717, 1.165) is 29.1 Å². The molecule has 1 unspecified atom stereocenters. The van der Waals surface area contributed by atoms with Crippen molar-refractivity contribution in [1.82, 2.24) is 10.3 Å². The van der Waals surface area contributed by atoms with E-state index in [-0.39, 0.29) is 11.9 Å². The number of benzene rings is 1. The third kappa shape index (κ3) is 5.26. The van der Waals surface area contributed by atoms with Gasteiger partial charge in [-0.25, -0.2) is 4.98 Å². The van der Waals surface area contributed by atoms with Crippen LogP contribution in [-0.4, -0.2) is 36.7 Å². The van der Waals surface area contributed by atoms with Gasteiger partial charge in [-0.3, -0.25) is 4.79 Å². The minimum Gasteiger partial charge on any atom is -0.378 e. The molecule has 1 aromatic carbocycles. The van der Waals surface area contributed by atoms with Gasteiger partial charge in [0.1, 0.15) is 0 Å². The zero-order valence-corrected chi connectivity index (χ0v) is 14.6. The van der Waals surface area contributed by atoms with Gasteiger partial charge in [0.2, 0.25) is 5.91 Å². The Balaban J connectivity index is 1.53. The standard InChI is InChI=1S/C17H18F3N3O2S/c18-17(19,20)12-3-1-11(2-4-12)7-14-9-22-16(26-14)23-15(24)8-13-10-25-6-5-21-13/h1-4,9,13,21H,5-8,10H2,(H,22,23,24). The van der Waals surface area contributed by atoms with Crippen molar-refractivity contribution in [3.63, 3.8) is 0 Å². The Hall–Kier alpha value is -1.97. The van der Waals surface area contributed by atoms with Crippen LogP contribution in [-0.2, 0) is 22.1 Å². The van der Waals surface area contributed by atoms with E-state index < -0.39 is 11.7 Å². The Morgan fingerprint density at radius 3 is 2.77 bits per heavy atom. The zero-order valence-electron chi connectivity index (χ0n) is 13.8. The van der Waals surface area contributed by atoms with E-state index in [1.807, 2.05) is 0 Å². The first-order valence-electron chi connectivity index (χ1n) is 8.12. The van der Waals surface area contributed by atoms with Crippen molar-refractivity contribution >= 4 is 22.4 Å². The van der Waals surface area contributed by atoms with Crippen molar-refractivity contribution in [3.05, 3.63) is 46.5 Å². The molecule has 3 rings (SSSR count). The number of carbonyl (C=O) groups is 1. The summed E-state index contributed by atoms with van der Waals surface area (Å²) >= 11 is 1.31. The Kier molecular flexibility index (Phi) is 5.90. The third-order valence-electron chi connectivity index (χ3n) is 3.89. The molecule has 0 aliphatic carbocycles. The van der Waals surface area contributed by atoms with Crippen LogP contribution in [0.1, 0.15) is 22.4 Å². The molecule has 2 heterocycles. The second-order valence-corrected chi connectivity index (χ2v) is 7.10. The van der Waals surface area contributed by atoms with E-state index in [9.17, 15) is 18.0 Å². The summed E-state index contributed by atoms with van der Waals surface area (Å²) in [4.78, 5) is 17.1. The normalized spacial score (nSPS) is 17.9. The van der Waals surface area contributed by atoms with Gasteiger partial charge in [-0.2, -0.15) is 13.2 Å². The number of halogens is 3. The molecule has 1 amide bonds. The Morgan fingerprint density at radius 2 is 2.12 bits per heavy atom. The molecule has 1 aliphatic heterocycles. The second kappa shape index (κ2) is 8.15. The summed E-state index contributed by atoms with van der Waals surface area (Å²) in [5.74, 6) is -0.150. The minimum absolute atomic E-state index is 0.00432. The number of morpholine rings is 1. The van der Waals surface area contributed by atoms with Gasteiger partial charge in [0.25, 0.3) is 0 Å². The lowest BCUT2D eigenvalue weighted by Crippen LogP contribution is -2.43. The van der Waals surface area contributed by atoms with E-state index in [0.29, 0.717) is 31.2 Å². The highest BCUT2D eigenvalue weighted by Crippen LogP contribution is 2.30. The molecule has 9 heteroatoms. The third-order valence-corrected chi connectivity index (χ3v) is 4.80. The maximum atomic E-state index is 12.6. The molecule has 5 nitrogen and oxygen atoms in total. The van der Waals surface area contributed by atoms with Crippen molar-refractivity contribution < 1.29 is 22.7 Å². The fourth-order valence-corrected chi connectivity index (χ4v) is 3.47. The number of nitrogens with one attached hydrogen (secondary N) is 2. The van der Waals surface area contributed by atoms with Gasteiger partial charge in [0.05, 0.1) is 18.8 Å². The number of nitrogens with zero attached hydrogens (tertiary/aromatic N) is 1. The summed E-state index contributed by atoms with van der Waals surface area (Å²) in [6.45, 7) is 1.88. The monoisotopic (exact) mass is 385 g/mol. The van der Waals surface area contributed by atoms with Gasteiger partial charge in [-0.1, -0.05) is 12.1 Å². The zero-order chi connectivity index (χ0) is 18.6. The number of aromatic nitrogens is 1. The number of hydrogen-bond donors (Lipinski definition) is 2. The molecule has 0 bridgehead atoms. The molecule has 1 saturated heterocycles. The van der Waals surface area contributed by atoms with Crippen molar-refractivity contribution in [1.29, 1.82) is 0 Å². The predicted octanol–water partition coefficient (Wildman–Crippen LogP) is 3.07. The molecule has 0 saturated carbocycles. The first kappa shape index (κ1) is 18.8. The van der Waals surface area contributed by atoms with E-state index in [1.54, 1.807) is 6.20 Å². The summed E-state index contributed by atoms with van der Waals surface area (Å²) < 4.78 is 43.0. The van der Waals surface area contributed by atoms with E-state index >= 15 is 0 Å². The van der Waals surface area contributed by atoms with E-state index in [4.69, 9.17) is 4.74 Å². The largest absolute Gasteiger partial charge is 0.416 e. The molecule has 1 atom stereocenters. The molecule has 0 radical (unpaired) electrons. The summed E-state index contributed by atoms with van der Waals surface area (Å²) in [6.07, 6.45) is -1.95. The van der Waals surface area contributed by atoms with Crippen molar-refractivity contribution in [2.24, 2.45) is 0 Å². The van der Waals surface area contributed by atoms with Crippen LogP contribution < -0.4 is 10.6 Å². The van der Waals surface area contributed by atoms with Gasteiger partial charge in [-0.05, 0) is 17.7 Å². The second-order valence-electron chi connectivity index (χ2n) is 5.98. The predicted molar refractivity (Wildman–Crippen MR) is 92.2 cm³/mol. The average Bonchev–Trinajstić information content (AvgIpc) is 3.02. The SMILES string of the molecule is O=C(CC1COCCN1)Nc1ncc(Cc2ccc(C(F)(F)F)cc2)s1. The Bertz CT molecular complexity index is 740. The van der Waals surface area contributed by atoms with Crippen LogP contribution in [0, 0.1) is 0 Å². The van der Waals surface area contributed by atoms with Gasteiger partial charge in [-0.15, -0.1) is 11.3 Å². The highest BCUT2D eigenvalue weighted by molar-refractivity contribution is 7.15. The maximum absolute atomic E-state index is 12.6. The topological polar surface area (TPSA) is 63.2 Å². The molecule has 2 aromatic rings. The fourth-order valence-electron chi connectivity index (χ4n) is 2.60. The van der Waals surface area contributed by atoms with E-state index in [2.05, 4.69) is 15.6 Å². The number of rotatable bonds is 5. The summed E-state index contributed by atoms with van der Waals surface area (Å²) in [5, 5.41) is 6.43. The molecule has 1 fully saturated rings. The quantitative estimate of drug-likeness (QED) is 0.830. The van der Waals surface area contributed by atoms with Crippen LogP contribution in [0.4, 0.5) is 18.3 Å². The van der Waals surface area contributed by atoms with E-state index in [1.165, 1.54) is 23.5 Å². The van der Waals surface area contributed by atoms with Gasteiger partial charge < -0.3 is 15.4 Å². The number of amides is 1. The van der Waals surface area contributed by atoms with Crippen molar-refractivity contribution in [2.75, 3.05) is 25.1 Å². The lowest BCUT2D eigenvalue weighted by Gasteiger charge is -2.22. The number of hydrogen-bond acceptors (Lipinski definition) is 5. The number of carbonyl (C=O) groups excluding carboxylic acids is 1. The van der Waals surface area contributed by atoms with Crippen LogP contribution in [0.3, 0.4) is 0 Å². The Morgan fingerprint density at radius 1 is 1.35 bits per heavy atom. The van der Waals surface area contributed by atoms with Crippen LogP contribution in [0.25, 0.3) is 0 Å². The lowest BCUT2D eigenvalue weighted by molar-refractivity contribution is -0.137. The first-order chi connectivity index (χ1) is 12.4. The van der Waals surface area contributed by atoms with Gasteiger partial charge >= 0.3 is 6.18 Å². The average molecular weight is 385 g/mol.